The van der Waals surface area contributed by atoms with Crippen LogP contribution in [0.1, 0.15) is 17.2 Å². The van der Waals surface area contributed by atoms with Gasteiger partial charge in [-0.05, 0) is 18.7 Å². The van der Waals surface area contributed by atoms with Gasteiger partial charge in [0, 0.05) is 37.9 Å². The molecule has 0 saturated carbocycles. The molecule has 1 atom stereocenters. The van der Waals surface area contributed by atoms with E-state index < -0.39 is 6.10 Å². The lowest BCUT2D eigenvalue weighted by molar-refractivity contribution is 0.220. The van der Waals surface area contributed by atoms with Gasteiger partial charge in [0.05, 0.1) is 0 Å². The first-order valence-electron chi connectivity index (χ1n) is 7.36. The molecule has 21 heavy (non-hydrogen) atoms. The second-order valence-electron chi connectivity index (χ2n) is 5.55. The van der Waals surface area contributed by atoms with Gasteiger partial charge in [-0.1, -0.05) is 36.4 Å². The van der Waals surface area contributed by atoms with Gasteiger partial charge in [-0.25, -0.2) is 4.98 Å². The lowest BCUT2D eigenvalue weighted by Crippen LogP contribution is -2.44. The van der Waals surface area contributed by atoms with Crippen LogP contribution in [0.5, 0.6) is 0 Å². The average molecular weight is 283 g/mol. The highest BCUT2D eigenvalue weighted by atomic mass is 16.3. The van der Waals surface area contributed by atoms with Crippen LogP contribution in [-0.2, 0) is 0 Å². The third kappa shape index (κ3) is 3.23. The molecule has 1 fully saturated rings. The number of nitrogens with zero attached hydrogens (tertiary/aromatic N) is 3. The van der Waals surface area contributed by atoms with Gasteiger partial charge in [-0.15, -0.1) is 0 Å². The number of benzene rings is 1. The minimum atomic E-state index is -0.611. The number of hydrogen-bond donors (Lipinski definition) is 1. The summed E-state index contributed by atoms with van der Waals surface area (Å²) in [5, 5.41) is 10.4. The molecule has 0 amide bonds. The second kappa shape index (κ2) is 6.24. The molecule has 0 spiro atoms. The molecule has 0 radical (unpaired) electrons. The third-order valence-electron chi connectivity index (χ3n) is 4.03. The quantitative estimate of drug-likeness (QED) is 0.934. The summed E-state index contributed by atoms with van der Waals surface area (Å²) < 4.78 is 0. The average Bonchev–Trinajstić information content (AvgIpc) is 2.56. The molecule has 0 aliphatic carbocycles. The molecule has 1 aliphatic rings. The van der Waals surface area contributed by atoms with Crippen LogP contribution in [0.4, 0.5) is 5.82 Å². The predicted octanol–water partition coefficient (Wildman–Crippen LogP) is 1.92. The Morgan fingerprint density at radius 2 is 1.67 bits per heavy atom. The maximum absolute atomic E-state index is 10.4. The van der Waals surface area contributed by atoms with Crippen LogP contribution in [0.3, 0.4) is 0 Å². The van der Waals surface area contributed by atoms with Crippen LogP contribution in [0.2, 0.25) is 0 Å². The maximum Gasteiger partial charge on any atom is 0.128 e. The van der Waals surface area contributed by atoms with Crippen molar-refractivity contribution in [1.29, 1.82) is 0 Å². The van der Waals surface area contributed by atoms with Crippen molar-refractivity contribution in [3.63, 3.8) is 0 Å². The van der Waals surface area contributed by atoms with Crippen molar-refractivity contribution in [3.8, 4) is 0 Å². The fraction of sp³-hybridized carbons (Fsp3) is 0.353. The largest absolute Gasteiger partial charge is 0.384 e. The van der Waals surface area contributed by atoms with E-state index in [1.165, 1.54) is 0 Å². The summed E-state index contributed by atoms with van der Waals surface area (Å²) in [6.45, 7) is 4.14. The Hall–Kier alpha value is -1.91. The number of anilines is 1. The first kappa shape index (κ1) is 14.0. The topological polar surface area (TPSA) is 39.6 Å². The standard InChI is InChI=1S/C17H21N3O/c1-19-9-11-20(12-10-19)16-8-7-15(13-18-16)17(21)14-5-3-2-4-6-14/h2-8,13,17,21H,9-12H2,1H3/t17-/m1/s1. The highest BCUT2D eigenvalue weighted by Crippen LogP contribution is 2.22. The second-order valence-corrected chi connectivity index (χ2v) is 5.55. The van der Waals surface area contributed by atoms with E-state index in [-0.39, 0.29) is 0 Å². The number of aliphatic hydroxyl groups is 1. The van der Waals surface area contributed by atoms with Crippen molar-refractivity contribution in [2.75, 3.05) is 38.1 Å². The molecular formula is C17H21N3O. The zero-order valence-corrected chi connectivity index (χ0v) is 12.3. The Morgan fingerprint density at radius 1 is 0.952 bits per heavy atom. The number of aromatic nitrogens is 1. The molecule has 0 unspecified atom stereocenters. The number of hydrogen-bond acceptors (Lipinski definition) is 4. The smallest absolute Gasteiger partial charge is 0.128 e. The van der Waals surface area contributed by atoms with Gasteiger partial charge in [-0.2, -0.15) is 0 Å². The molecule has 1 saturated heterocycles. The van der Waals surface area contributed by atoms with E-state index in [2.05, 4.69) is 21.8 Å². The highest BCUT2D eigenvalue weighted by Gasteiger charge is 2.16. The fourth-order valence-electron chi connectivity index (χ4n) is 2.61. The van der Waals surface area contributed by atoms with E-state index in [9.17, 15) is 5.11 Å². The van der Waals surface area contributed by atoms with Crippen molar-refractivity contribution in [1.82, 2.24) is 9.88 Å². The minimum absolute atomic E-state index is 0.611. The number of pyridine rings is 1. The van der Waals surface area contributed by atoms with Crippen LogP contribution in [-0.4, -0.2) is 48.2 Å². The van der Waals surface area contributed by atoms with Gasteiger partial charge < -0.3 is 14.9 Å². The lowest BCUT2D eigenvalue weighted by Gasteiger charge is -2.33. The Morgan fingerprint density at radius 3 is 2.29 bits per heavy atom. The van der Waals surface area contributed by atoms with Crippen LogP contribution < -0.4 is 4.90 Å². The Bertz CT molecular complexity index is 562. The van der Waals surface area contributed by atoms with Gasteiger partial charge >= 0.3 is 0 Å². The summed E-state index contributed by atoms with van der Waals surface area (Å²) >= 11 is 0. The van der Waals surface area contributed by atoms with Crippen molar-refractivity contribution in [2.45, 2.75) is 6.10 Å². The zero-order chi connectivity index (χ0) is 14.7. The molecule has 1 aromatic carbocycles. The van der Waals surface area contributed by atoms with Crippen molar-refractivity contribution >= 4 is 5.82 Å². The summed E-state index contributed by atoms with van der Waals surface area (Å²) in [6.07, 6.45) is 1.17. The molecule has 0 bridgehead atoms. The van der Waals surface area contributed by atoms with Crippen LogP contribution >= 0.6 is 0 Å². The molecule has 2 aromatic rings. The summed E-state index contributed by atoms with van der Waals surface area (Å²) in [7, 11) is 2.14. The van der Waals surface area contributed by atoms with Crippen molar-refractivity contribution in [2.24, 2.45) is 0 Å². The molecule has 4 nitrogen and oxygen atoms in total. The molecule has 110 valence electrons. The van der Waals surface area contributed by atoms with Crippen LogP contribution in [0.15, 0.2) is 48.7 Å². The van der Waals surface area contributed by atoms with E-state index in [0.29, 0.717) is 0 Å². The fourth-order valence-corrected chi connectivity index (χ4v) is 2.61. The van der Waals surface area contributed by atoms with Crippen LogP contribution in [0, 0.1) is 0 Å². The maximum atomic E-state index is 10.4. The van der Waals surface area contributed by atoms with Crippen molar-refractivity contribution in [3.05, 3.63) is 59.8 Å². The first-order valence-corrected chi connectivity index (χ1v) is 7.36. The first-order chi connectivity index (χ1) is 10.2. The van der Waals surface area contributed by atoms with E-state index in [4.69, 9.17) is 0 Å². The molecular weight excluding hydrogens is 262 g/mol. The Labute approximate surface area is 125 Å². The number of aliphatic hydroxyl groups excluding tert-OH is 1. The highest BCUT2D eigenvalue weighted by molar-refractivity contribution is 5.41. The van der Waals surface area contributed by atoms with Gasteiger partial charge in [0.1, 0.15) is 11.9 Å². The summed E-state index contributed by atoms with van der Waals surface area (Å²) in [5.41, 5.74) is 1.73. The summed E-state index contributed by atoms with van der Waals surface area (Å²) in [5.74, 6) is 0.993. The number of rotatable bonds is 3. The van der Waals surface area contributed by atoms with E-state index in [1.54, 1.807) is 6.20 Å². The summed E-state index contributed by atoms with van der Waals surface area (Å²) in [6, 6.07) is 13.7. The zero-order valence-electron chi connectivity index (χ0n) is 12.3. The summed E-state index contributed by atoms with van der Waals surface area (Å²) in [4.78, 5) is 9.14. The number of piperazine rings is 1. The molecule has 1 N–H and O–H groups in total. The van der Waals surface area contributed by atoms with Crippen LogP contribution in [0.25, 0.3) is 0 Å². The molecule has 4 heteroatoms. The Balaban J connectivity index is 1.72. The van der Waals surface area contributed by atoms with Crippen molar-refractivity contribution < 1.29 is 5.11 Å². The monoisotopic (exact) mass is 283 g/mol. The van der Waals surface area contributed by atoms with Gasteiger partial charge in [0.2, 0.25) is 0 Å². The number of likely N-dealkylation sites (N-methyl/N-ethyl adjacent to an activating group) is 1. The third-order valence-corrected chi connectivity index (χ3v) is 4.03. The molecule has 2 heterocycles. The van der Waals surface area contributed by atoms with Gasteiger partial charge in [0.25, 0.3) is 0 Å². The Kier molecular flexibility index (Phi) is 4.18. The van der Waals surface area contributed by atoms with E-state index >= 15 is 0 Å². The molecule has 1 aromatic heterocycles. The van der Waals surface area contributed by atoms with Gasteiger partial charge in [0.15, 0.2) is 0 Å². The molecule has 1 aliphatic heterocycles. The minimum Gasteiger partial charge on any atom is -0.384 e. The van der Waals surface area contributed by atoms with E-state index in [1.807, 2.05) is 42.5 Å². The lowest BCUT2D eigenvalue weighted by atomic mass is 10.0. The SMILES string of the molecule is CN1CCN(c2ccc([C@H](O)c3ccccc3)cn2)CC1. The normalized spacial score (nSPS) is 17.7. The van der Waals surface area contributed by atoms with E-state index in [0.717, 1.165) is 43.1 Å². The van der Waals surface area contributed by atoms with Gasteiger partial charge in [-0.3, -0.25) is 0 Å². The predicted molar refractivity (Wildman–Crippen MR) is 84.5 cm³/mol. The molecule has 3 rings (SSSR count).